The van der Waals surface area contributed by atoms with Crippen molar-refractivity contribution < 1.29 is 4.79 Å². The van der Waals surface area contributed by atoms with E-state index in [1.807, 2.05) is 18.2 Å². The van der Waals surface area contributed by atoms with Crippen LogP contribution in [0.5, 0.6) is 0 Å². The van der Waals surface area contributed by atoms with Crippen LogP contribution in [0, 0.1) is 0 Å². The van der Waals surface area contributed by atoms with Crippen molar-refractivity contribution >= 4 is 29.0 Å². The van der Waals surface area contributed by atoms with Crippen molar-refractivity contribution in [1.82, 2.24) is 10.3 Å². The van der Waals surface area contributed by atoms with Gasteiger partial charge in [0.1, 0.15) is 5.69 Å². The van der Waals surface area contributed by atoms with Crippen molar-refractivity contribution in [2.24, 2.45) is 5.73 Å². The van der Waals surface area contributed by atoms with Crippen molar-refractivity contribution in [1.29, 1.82) is 0 Å². The molecule has 1 atom stereocenters. The summed E-state index contributed by atoms with van der Waals surface area (Å²) in [4.78, 5) is 17.5. The molecule has 0 spiro atoms. The molecule has 112 valence electrons. The minimum absolute atomic E-state index is 0.116. The maximum absolute atomic E-state index is 12.0. The van der Waals surface area contributed by atoms with E-state index in [0.29, 0.717) is 24.0 Å². The summed E-state index contributed by atoms with van der Waals surface area (Å²) in [6.45, 7) is 3.26. The molecule has 1 aromatic heterocycles. The zero-order valence-electron chi connectivity index (χ0n) is 11.9. The molecule has 2 aromatic rings. The van der Waals surface area contributed by atoms with E-state index < -0.39 is 0 Å². The van der Waals surface area contributed by atoms with Gasteiger partial charge in [0.25, 0.3) is 5.91 Å². The third-order valence-corrected chi connectivity index (χ3v) is 4.80. The number of nitrogens with two attached hydrogens (primary N) is 1. The summed E-state index contributed by atoms with van der Waals surface area (Å²) < 4.78 is 0. The predicted molar refractivity (Wildman–Crippen MR) is 89.0 cm³/mol. The van der Waals surface area contributed by atoms with E-state index >= 15 is 0 Å². The van der Waals surface area contributed by atoms with Gasteiger partial charge in [-0.15, -0.1) is 23.1 Å². The Morgan fingerprint density at radius 1 is 1.43 bits per heavy atom. The summed E-state index contributed by atoms with van der Waals surface area (Å²) >= 11 is 3.23. The first kappa shape index (κ1) is 16.0. The molecule has 3 N–H and O–H groups in total. The summed E-state index contributed by atoms with van der Waals surface area (Å²) in [5.74, 6) is -0.116. The van der Waals surface area contributed by atoms with Crippen LogP contribution in [0.2, 0.25) is 0 Å². The second kappa shape index (κ2) is 8.17. The molecule has 1 amide bonds. The van der Waals surface area contributed by atoms with Crippen LogP contribution >= 0.6 is 23.1 Å². The molecule has 0 aliphatic heterocycles. The maximum atomic E-state index is 12.0. The van der Waals surface area contributed by atoms with Gasteiger partial charge in [0.05, 0.1) is 5.01 Å². The second-order valence-electron chi connectivity index (χ2n) is 4.62. The number of carbonyl (C=O) groups is 1. The molecule has 1 unspecified atom stereocenters. The first-order valence-corrected chi connectivity index (χ1v) is 8.59. The number of aromatic nitrogens is 1. The predicted octanol–water partition coefficient (Wildman–Crippen LogP) is 2.55. The van der Waals surface area contributed by atoms with E-state index in [1.54, 1.807) is 17.1 Å². The summed E-state index contributed by atoms with van der Waals surface area (Å²) in [6.07, 6.45) is 0.720. The minimum Gasteiger partial charge on any atom is -0.350 e. The largest absolute Gasteiger partial charge is 0.350 e. The molecular weight excluding hydrogens is 302 g/mol. The summed E-state index contributed by atoms with van der Waals surface area (Å²) in [7, 11) is 0. The van der Waals surface area contributed by atoms with Crippen LogP contribution in [0.1, 0.15) is 22.4 Å². The highest BCUT2D eigenvalue weighted by Gasteiger charge is 2.12. The fourth-order valence-electron chi connectivity index (χ4n) is 1.75. The topological polar surface area (TPSA) is 68.0 Å². The SMILES string of the molecule is CC(CNC(=O)c1csc(CCN)n1)Sc1ccccc1. The molecule has 2 rings (SSSR count). The molecule has 1 heterocycles. The summed E-state index contributed by atoms with van der Waals surface area (Å²) in [5, 5.41) is 5.93. The number of thiazole rings is 1. The van der Waals surface area contributed by atoms with Crippen LogP contribution in [0.15, 0.2) is 40.6 Å². The zero-order chi connectivity index (χ0) is 15.1. The maximum Gasteiger partial charge on any atom is 0.270 e. The highest BCUT2D eigenvalue weighted by atomic mass is 32.2. The molecule has 0 aliphatic rings. The van der Waals surface area contributed by atoms with E-state index in [4.69, 9.17) is 5.73 Å². The quantitative estimate of drug-likeness (QED) is 0.769. The van der Waals surface area contributed by atoms with Crippen LogP contribution in [0.4, 0.5) is 0 Å². The van der Waals surface area contributed by atoms with Gasteiger partial charge in [-0.1, -0.05) is 25.1 Å². The van der Waals surface area contributed by atoms with Gasteiger partial charge in [-0.2, -0.15) is 0 Å². The number of amides is 1. The van der Waals surface area contributed by atoms with E-state index in [2.05, 4.69) is 29.4 Å². The van der Waals surface area contributed by atoms with Gasteiger partial charge in [-0.05, 0) is 18.7 Å². The smallest absolute Gasteiger partial charge is 0.270 e. The average Bonchev–Trinajstić information content (AvgIpc) is 2.95. The van der Waals surface area contributed by atoms with Gasteiger partial charge < -0.3 is 11.1 Å². The van der Waals surface area contributed by atoms with Crippen molar-refractivity contribution in [2.75, 3.05) is 13.1 Å². The lowest BCUT2D eigenvalue weighted by atomic mass is 10.4. The Hall–Kier alpha value is -1.37. The normalized spacial score (nSPS) is 12.1. The molecule has 6 heteroatoms. The third-order valence-electron chi connectivity index (χ3n) is 2.77. The van der Waals surface area contributed by atoms with Gasteiger partial charge in [-0.25, -0.2) is 4.98 Å². The van der Waals surface area contributed by atoms with Crippen molar-refractivity contribution in [3.05, 3.63) is 46.4 Å². The number of thioether (sulfide) groups is 1. The number of carbonyl (C=O) groups excluding carboxylic acids is 1. The van der Waals surface area contributed by atoms with Crippen molar-refractivity contribution in [3.8, 4) is 0 Å². The lowest BCUT2D eigenvalue weighted by molar-refractivity contribution is 0.0949. The molecule has 0 radical (unpaired) electrons. The van der Waals surface area contributed by atoms with Gasteiger partial charge in [0, 0.05) is 28.5 Å². The van der Waals surface area contributed by atoms with Crippen molar-refractivity contribution in [2.45, 2.75) is 23.5 Å². The number of rotatable bonds is 7. The Morgan fingerprint density at radius 3 is 2.90 bits per heavy atom. The Morgan fingerprint density at radius 2 is 2.19 bits per heavy atom. The lowest BCUT2D eigenvalue weighted by Gasteiger charge is -2.11. The fraction of sp³-hybridized carbons (Fsp3) is 0.333. The first-order chi connectivity index (χ1) is 10.2. The average molecular weight is 321 g/mol. The standard InChI is InChI=1S/C15H19N3OS2/c1-11(21-12-5-3-2-4-6-12)9-17-15(19)13-10-20-14(18-13)7-8-16/h2-6,10-11H,7-9,16H2,1H3,(H,17,19). The molecular formula is C15H19N3OS2. The van der Waals surface area contributed by atoms with Gasteiger partial charge >= 0.3 is 0 Å². The summed E-state index contributed by atoms with van der Waals surface area (Å²) in [5.41, 5.74) is 5.97. The molecule has 21 heavy (non-hydrogen) atoms. The van der Waals surface area contributed by atoms with E-state index in [0.717, 1.165) is 11.4 Å². The molecule has 0 saturated carbocycles. The van der Waals surface area contributed by atoms with Crippen LogP contribution in [0.25, 0.3) is 0 Å². The minimum atomic E-state index is -0.116. The lowest BCUT2D eigenvalue weighted by Crippen LogP contribution is -2.29. The zero-order valence-corrected chi connectivity index (χ0v) is 13.5. The molecule has 0 aliphatic carbocycles. The fourth-order valence-corrected chi connectivity index (χ4v) is 3.49. The highest BCUT2D eigenvalue weighted by molar-refractivity contribution is 8.00. The number of nitrogens with one attached hydrogen (secondary N) is 1. The van der Waals surface area contributed by atoms with E-state index in [9.17, 15) is 4.79 Å². The molecule has 4 nitrogen and oxygen atoms in total. The molecule has 0 saturated heterocycles. The number of hydrogen-bond acceptors (Lipinski definition) is 5. The van der Waals surface area contributed by atoms with Gasteiger partial charge in [-0.3, -0.25) is 4.79 Å². The number of benzene rings is 1. The van der Waals surface area contributed by atoms with Gasteiger partial charge in [0.2, 0.25) is 0 Å². The molecule has 1 aromatic carbocycles. The molecule has 0 fully saturated rings. The number of nitrogens with zero attached hydrogens (tertiary/aromatic N) is 1. The highest BCUT2D eigenvalue weighted by Crippen LogP contribution is 2.22. The van der Waals surface area contributed by atoms with Crippen LogP contribution in [-0.2, 0) is 6.42 Å². The Balaban J connectivity index is 1.80. The first-order valence-electron chi connectivity index (χ1n) is 6.83. The Bertz CT molecular complexity index is 571. The Labute approximate surface area is 133 Å². The monoisotopic (exact) mass is 321 g/mol. The van der Waals surface area contributed by atoms with Crippen LogP contribution in [-0.4, -0.2) is 29.2 Å². The molecule has 0 bridgehead atoms. The second-order valence-corrected chi connectivity index (χ2v) is 7.07. The van der Waals surface area contributed by atoms with Crippen LogP contribution in [0.3, 0.4) is 0 Å². The van der Waals surface area contributed by atoms with E-state index in [1.165, 1.54) is 16.2 Å². The number of hydrogen-bond donors (Lipinski definition) is 2. The van der Waals surface area contributed by atoms with Gasteiger partial charge in [0.15, 0.2) is 0 Å². The Kier molecular flexibility index (Phi) is 6.22. The van der Waals surface area contributed by atoms with Crippen LogP contribution < -0.4 is 11.1 Å². The van der Waals surface area contributed by atoms with Crippen molar-refractivity contribution in [3.63, 3.8) is 0 Å². The summed E-state index contributed by atoms with van der Waals surface area (Å²) in [6, 6.07) is 10.2. The van der Waals surface area contributed by atoms with E-state index in [-0.39, 0.29) is 5.91 Å². The third kappa shape index (κ3) is 5.15.